The zero-order valence-corrected chi connectivity index (χ0v) is 12.5. The third-order valence-electron chi connectivity index (χ3n) is 2.28. The Kier molecular flexibility index (Phi) is 4.69. The molecule has 8 heteroatoms. The summed E-state index contributed by atoms with van der Waals surface area (Å²) in [6, 6.07) is 1.72. The molecule has 1 aromatic heterocycles. The highest BCUT2D eigenvalue weighted by atomic mass is 79.9. The van der Waals surface area contributed by atoms with Gasteiger partial charge in [-0.2, -0.15) is 0 Å². The van der Waals surface area contributed by atoms with Crippen molar-refractivity contribution in [1.82, 2.24) is 4.98 Å². The monoisotopic (exact) mass is 336 g/mol. The minimum atomic E-state index is -3.86. The van der Waals surface area contributed by atoms with E-state index in [1.165, 1.54) is 13.1 Å². The van der Waals surface area contributed by atoms with E-state index in [0.29, 0.717) is 5.56 Å². The molecule has 0 bridgehead atoms. The molecule has 1 heterocycles. The van der Waals surface area contributed by atoms with Crippen molar-refractivity contribution in [3.63, 3.8) is 0 Å². The minimum absolute atomic E-state index is 0.189. The standard InChI is InChI=1S/C10H13BrN2O4S/c1-6-4-8(11)5-12-9(6)13-18(15,16)7(2)10(14)17-3/h4-5,7H,1-3H3,(H,12,13). The molecule has 1 atom stereocenters. The van der Waals surface area contributed by atoms with Gasteiger partial charge in [0.2, 0.25) is 10.0 Å². The number of anilines is 1. The van der Waals surface area contributed by atoms with Gasteiger partial charge in [-0.15, -0.1) is 0 Å². The average Bonchev–Trinajstić information content (AvgIpc) is 2.30. The summed E-state index contributed by atoms with van der Waals surface area (Å²) in [5.41, 5.74) is 0.644. The topological polar surface area (TPSA) is 85.4 Å². The van der Waals surface area contributed by atoms with Crippen LogP contribution in [0.25, 0.3) is 0 Å². The molecule has 0 aliphatic carbocycles. The fraction of sp³-hybridized carbons (Fsp3) is 0.400. The molecule has 0 saturated carbocycles. The second-order valence-corrected chi connectivity index (χ2v) is 6.55. The molecule has 0 spiro atoms. The van der Waals surface area contributed by atoms with Crippen LogP contribution in [0.3, 0.4) is 0 Å². The number of aromatic nitrogens is 1. The van der Waals surface area contributed by atoms with Gasteiger partial charge in [-0.3, -0.25) is 9.52 Å². The molecule has 6 nitrogen and oxygen atoms in total. The van der Waals surface area contributed by atoms with Crippen molar-refractivity contribution in [3.8, 4) is 0 Å². The van der Waals surface area contributed by atoms with Crippen LogP contribution in [0, 0.1) is 6.92 Å². The third-order valence-corrected chi connectivity index (χ3v) is 4.32. The molecular weight excluding hydrogens is 324 g/mol. The van der Waals surface area contributed by atoms with E-state index in [-0.39, 0.29) is 5.82 Å². The largest absolute Gasteiger partial charge is 0.468 e. The van der Waals surface area contributed by atoms with Gasteiger partial charge < -0.3 is 4.74 Å². The number of carbonyl (C=O) groups is 1. The van der Waals surface area contributed by atoms with E-state index in [2.05, 4.69) is 30.4 Å². The van der Waals surface area contributed by atoms with Crippen LogP contribution in [-0.4, -0.2) is 31.7 Å². The van der Waals surface area contributed by atoms with E-state index in [1.807, 2.05) is 0 Å². The SMILES string of the molecule is COC(=O)C(C)S(=O)(=O)Nc1ncc(Br)cc1C. The average molecular weight is 337 g/mol. The lowest BCUT2D eigenvalue weighted by Gasteiger charge is -2.13. The van der Waals surface area contributed by atoms with E-state index in [1.54, 1.807) is 13.0 Å². The van der Waals surface area contributed by atoms with Crippen LogP contribution in [0.2, 0.25) is 0 Å². The van der Waals surface area contributed by atoms with Crippen molar-refractivity contribution in [3.05, 3.63) is 22.3 Å². The van der Waals surface area contributed by atoms with E-state index < -0.39 is 21.2 Å². The first kappa shape index (κ1) is 14.9. The Labute approximate surface area is 114 Å². The van der Waals surface area contributed by atoms with E-state index in [0.717, 1.165) is 11.6 Å². The second-order valence-electron chi connectivity index (χ2n) is 3.63. The molecule has 0 amide bonds. The van der Waals surface area contributed by atoms with Crippen molar-refractivity contribution in [2.75, 3.05) is 11.8 Å². The van der Waals surface area contributed by atoms with Crippen LogP contribution >= 0.6 is 15.9 Å². The quantitative estimate of drug-likeness (QED) is 0.841. The van der Waals surface area contributed by atoms with Crippen molar-refractivity contribution >= 4 is 37.7 Å². The Morgan fingerprint density at radius 3 is 2.67 bits per heavy atom. The second kappa shape index (κ2) is 5.66. The van der Waals surface area contributed by atoms with Gasteiger partial charge in [0.1, 0.15) is 5.82 Å². The number of methoxy groups -OCH3 is 1. The number of carbonyl (C=O) groups excluding carboxylic acids is 1. The number of aryl methyl sites for hydroxylation is 1. The van der Waals surface area contributed by atoms with Gasteiger partial charge in [0.15, 0.2) is 5.25 Å². The molecule has 0 aliphatic rings. The minimum Gasteiger partial charge on any atom is -0.468 e. The van der Waals surface area contributed by atoms with Crippen LogP contribution in [0.15, 0.2) is 16.7 Å². The van der Waals surface area contributed by atoms with Gasteiger partial charge in [-0.1, -0.05) is 0 Å². The lowest BCUT2D eigenvalue weighted by Crippen LogP contribution is -2.33. The first-order chi connectivity index (χ1) is 8.27. The summed E-state index contributed by atoms with van der Waals surface area (Å²) in [6.07, 6.45) is 1.47. The highest BCUT2D eigenvalue weighted by molar-refractivity contribution is 9.10. The molecule has 0 aromatic carbocycles. The Hall–Kier alpha value is -1.15. The maximum Gasteiger partial charge on any atom is 0.325 e. The summed E-state index contributed by atoms with van der Waals surface area (Å²) in [5, 5.41) is -1.30. The predicted octanol–water partition coefficient (Wildman–Crippen LogP) is 1.46. The lowest BCUT2D eigenvalue weighted by atomic mass is 10.3. The summed E-state index contributed by atoms with van der Waals surface area (Å²) in [7, 11) is -2.73. The number of nitrogens with one attached hydrogen (secondary N) is 1. The Morgan fingerprint density at radius 2 is 2.17 bits per heavy atom. The zero-order chi connectivity index (χ0) is 13.9. The molecule has 0 aliphatic heterocycles. The van der Waals surface area contributed by atoms with E-state index in [9.17, 15) is 13.2 Å². The van der Waals surface area contributed by atoms with Crippen LogP contribution in [0.5, 0.6) is 0 Å². The highest BCUT2D eigenvalue weighted by Crippen LogP contribution is 2.19. The fourth-order valence-corrected chi connectivity index (χ4v) is 2.62. The number of rotatable bonds is 4. The van der Waals surface area contributed by atoms with Crippen LogP contribution in [0.4, 0.5) is 5.82 Å². The highest BCUT2D eigenvalue weighted by Gasteiger charge is 2.29. The molecule has 0 saturated heterocycles. The summed E-state index contributed by atoms with van der Waals surface area (Å²) in [5.74, 6) is -0.633. The molecule has 0 radical (unpaired) electrons. The molecule has 1 aromatic rings. The molecule has 1 N–H and O–H groups in total. The van der Waals surface area contributed by atoms with Gasteiger partial charge in [0.05, 0.1) is 7.11 Å². The number of hydrogen-bond donors (Lipinski definition) is 1. The summed E-state index contributed by atoms with van der Waals surface area (Å²) in [4.78, 5) is 15.2. The van der Waals surface area contributed by atoms with Crippen LogP contribution in [0.1, 0.15) is 12.5 Å². The first-order valence-electron chi connectivity index (χ1n) is 4.99. The maximum atomic E-state index is 11.9. The number of hydrogen-bond acceptors (Lipinski definition) is 5. The maximum absolute atomic E-state index is 11.9. The van der Waals surface area contributed by atoms with Gasteiger partial charge in [0, 0.05) is 10.7 Å². The van der Waals surface area contributed by atoms with Crippen molar-refractivity contribution in [2.24, 2.45) is 0 Å². The van der Waals surface area contributed by atoms with Gasteiger partial charge in [-0.05, 0) is 41.4 Å². The molecule has 1 rings (SSSR count). The number of pyridine rings is 1. The molecule has 100 valence electrons. The summed E-state index contributed by atoms with van der Waals surface area (Å²) >= 11 is 3.23. The lowest BCUT2D eigenvalue weighted by molar-refractivity contribution is -0.139. The zero-order valence-electron chi connectivity index (χ0n) is 10.1. The number of halogens is 1. The smallest absolute Gasteiger partial charge is 0.325 e. The fourth-order valence-electron chi connectivity index (χ4n) is 1.16. The van der Waals surface area contributed by atoms with Crippen molar-refractivity contribution in [2.45, 2.75) is 19.1 Å². The number of ether oxygens (including phenoxy) is 1. The van der Waals surface area contributed by atoms with Crippen LogP contribution in [-0.2, 0) is 19.6 Å². The number of sulfonamides is 1. The Bertz CT molecular complexity index is 559. The molecule has 18 heavy (non-hydrogen) atoms. The normalized spacial score (nSPS) is 12.9. The van der Waals surface area contributed by atoms with Crippen molar-refractivity contribution in [1.29, 1.82) is 0 Å². The number of nitrogens with zero attached hydrogens (tertiary/aromatic N) is 1. The Morgan fingerprint density at radius 1 is 1.56 bits per heavy atom. The molecule has 1 unspecified atom stereocenters. The summed E-state index contributed by atoms with van der Waals surface area (Å²) < 4.78 is 31.2. The van der Waals surface area contributed by atoms with E-state index in [4.69, 9.17) is 0 Å². The third kappa shape index (κ3) is 3.42. The van der Waals surface area contributed by atoms with E-state index >= 15 is 0 Å². The Balaban J connectivity index is 2.99. The van der Waals surface area contributed by atoms with Crippen molar-refractivity contribution < 1.29 is 17.9 Å². The molecule has 0 fully saturated rings. The number of esters is 1. The molecular formula is C10H13BrN2O4S. The predicted molar refractivity (Wildman–Crippen MR) is 70.7 cm³/mol. The van der Waals surface area contributed by atoms with Gasteiger partial charge in [-0.25, -0.2) is 13.4 Å². The van der Waals surface area contributed by atoms with Gasteiger partial charge in [0.25, 0.3) is 0 Å². The first-order valence-corrected chi connectivity index (χ1v) is 7.33. The summed E-state index contributed by atoms with van der Waals surface area (Å²) in [6.45, 7) is 2.96. The van der Waals surface area contributed by atoms with Gasteiger partial charge >= 0.3 is 5.97 Å². The van der Waals surface area contributed by atoms with Crippen LogP contribution < -0.4 is 4.72 Å².